The number of aromatic carboxylic acids is 1. The number of halogens is 1. The first kappa shape index (κ1) is 16.2. The van der Waals surface area contributed by atoms with Gasteiger partial charge in [-0.2, -0.15) is 0 Å². The van der Waals surface area contributed by atoms with Crippen LogP contribution < -0.4 is 4.74 Å². The minimum atomic E-state index is -1.11. The van der Waals surface area contributed by atoms with Crippen molar-refractivity contribution in [3.05, 3.63) is 59.4 Å². The van der Waals surface area contributed by atoms with E-state index in [1.165, 1.54) is 24.3 Å². The number of hydrogen-bond donors (Lipinski definition) is 1. The molecule has 0 atom stereocenters. The lowest BCUT2D eigenvalue weighted by atomic mass is 10.1. The number of pyridine rings is 2. The Morgan fingerprint density at radius 1 is 1.24 bits per heavy atom. The Morgan fingerprint density at radius 3 is 2.68 bits per heavy atom. The van der Waals surface area contributed by atoms with E-state index >= 15 is 0 Å². The molecule has 25 heavy (non-hydrogen) atoms. The number of ether oxygens (including phenoxy) is 1. The largest absolute Gasteiger partial charge is 0.478 e. The first-order valence-corrected chi connectivity index (χ1v) is 6.96. The zero-order valence-electron chi connectivity index (χ0n) is 12.5. The molecule has 3 aromatic heterocycles. The van der Waals surface area contributed by atoms with Gasteiger partial charge >= 0.3 is 5.97 Å². The van der Waals surface area contributed by atoms with Crippen LogP contribution in [0.3, 0.4) is 0 Å². The summed E-state index contributed by atoms with van der Waals surface area (Å²) in [7, 11) is 0. The summed E-state index contributed by atoms with van der Waals surface area (Å²) in [6, 6.07) is 5.31. The number of aromatic nitrogens is 3. The number of carbonyl (C=O) groups excluding carboxylic acids is 1. The molecule has 0 amide bonds. The van der Waals surface area contributed by atoms with E-state index in [2.05, 4.69) is 15.1 Å². The molecule has 0 aliphatic heterocycles. The minimum Gasteiger partial charge on any atom is -0.478 e. The van der Waals surface area contributed by atoms with Crippen LogP contribution in [0.2, 0.25) is 0 Å². The van der Waals surface area contributed by atoms with E-state index in [9.17, 15) is 14.0 Å². The van der Waals surface area contributed by atoms with Gasteiger partial charge in [-0.1, -0.05) is 5.16 Å². The predicted molar refractivity (Wildman–Crippen MR) is 80.6 cm³/mol. The molecule has 0 aliphatic carbocycles. The molecule has 1 N–H and O–H groups in total. The van der Waals surface area contributed by atoms with Crippen LogP contribution in [0.4, 0.5) is 4.39 Å². The molecule has 9 heteroatoms. The van der Waals surface area contributed by atoms with Gasteiger partial charge in [0.05, 0.1) is 23.0 Å². The molecule has 0 aliphatic rings. The second kappa shape index (κ2) is 6.87. The highest BCUT2D eigenvalue weighted by Crippen LogP contribution is 2.24. The highest BCUT2D eigenvalue weighted by Gasteiger charge is 2.19. The van der Waals surface area contributed by atoms with Gasteiger partial charge < -0.3 is 14.4 Å². The number of nitrogens with zero attached hydrogens (tertiary/aromatic N) is 3. The molecule has 3 heterocycles. The summed E-state index contributed by atoms with van der Waals surface area (Å²) < 4.78 is 23.4. The Balaban J connectivity index is 1.84. The maximum atomic E-state index is 13.0. The summed E-state index contributed by atoms with van der Waals surface area (Å²) in [5.74, 6) is -1.52. The van der Waals surface area contributed by atoms with Crippen molar-refractivity contribution >= 4 is 12.3 Å². The third-order valence-corrected chi connectivity index (χ3v) is 3.24. The molecule has 0 radical (unpaired) electrons. The Labute approximate surface area is 139 Å². The number of rotatable bonds is 6. The van der Waals surface area contributed by atoms with Crippen LogP contribution in [0.1, 0.15) is 26.5 Å². The van der Waals surface area contributed by atoms with Gasteiger partial charge in [-0.25, -0.2) is 14.2 Å². The molecule has 0 aromatic carbocycles. The number of carboxylic acid groups (broad SMARTS) is 1. The topological polar surface area (TPSA) is 115 Å². The van der Waals surface area contributed by atoms with Gasteiger partial charge in [0.1, 0.15) is 18.1 Å². The smallest absolute Gasteiger partial charge is 0.337 e. The standard InChI is InChI=1S/C16H10FN3O5/c17-10-2-3-12(18-6-10)15-11(13(7-21)25-20-15)8-24-14-4-1-9(5-19-14)16(22)23/h1-7H,8H2,(H,22,23). The van der Waals surface area contributed by atoms with E-state index in [-0.39, 0.29) is 29.5 Å². The Bertz CT molecular complexity index is 907. The van der Waals surface area contributed by atoms with Gasteiger partial charge in [0, 0.05) is 12.3 Å². The summed E-state index contributed by atoms with van der Waals surface area (Å²) in [6.45, 7) is -0.120. The quantitative estimate of drug-likeness (QED) is 0.678. The average molecular weight is 343 g/mol. The van der Waals surface area contributed by atoms with Gasteiger partial charge in [0.2, 0.25) is 11.6 Å². The van der Waals surface area contributed by atoms with Crippen molar-refractivity contribution in [2.24, 2.45) is 0 Å². The van der Waals surface area contributed by atoms with Gasteiger partial charge in [0.25, 0.3) is 0 Å². The fraction of sp³-hybridized carbons (Fsp3) is 0.0625. The molecule has 0 saturated carbocycles. The number of aldehydes is 1. The second-order valence-corrected chi connectivity index (χ2v) is 4.83. The van der Waals surface area contributed by atoms with E-state index in [0.29, 0.717) is 17.5 Å². The fourth-order valence-electron chi connectivity index (χ4n) is 2.01. The molecule has 0 saturated heterocycles. The normalized spacial score (nSPS) is 10.4. The predicted octanol–water partition coefficient (Wildman–Crippen LogP) is 2.36. The zero-order valence-corrected chi connectivity index (χ0v) is 12.5. The van der Waals surface area contributed by atoms with Gasteiger partial charge in [0.15, 0.2) is 6.29 Å². The van der Waals surface area contributed by atoms with Crippen molar-refractivity contribution in [3.63, 3.8) is 0 Å². The molecular formula is C16H10FN3O5. The average Bonchev–Trinajstić information content (AvgIpc) is 3.04. The minimum absolute atomic E-state index is 0.0158. The van der Waals surface area contributed by atoms with Crippen LogP contribution in [0.25, 0.3) is 11.4 Å². The monoisotopic (exact) mass is 343 g/mol. The maximum absolute atomic E-state index is 13.0. The van der Waals surface area contributed by atoms with Crippen molar-refractivity contribution in [1.29, 1.82) is 0 Å². The van der Waals surface area contributed by atoms with Gasteiger partial charge in [-0.05, 0) is 18.2 Å². The lowest BCUT2D eigenvalue weighted by Gasteiger charge is -2.05. The maximum Gasteiger partial charge on any atom is 0.337 e. The summed E-state index contributed by atoms with van der Waals surface area (Å²) >= 11 is 0. The molecule has 0 bridgehead atoms. The van der Waals surface area contributed by atoms with E-state index in [1.807, 2.05) is 0 Å². The van der Waals surface area contributed by atoms with Crippen LogP contribution in [0.5, 0.6) is 5.88 Å². The Morgan fingerprint density at radius 2 is 2.08 bits per heavy atom. The molecule has 0 unspecified atom stereocenters. The molecule has 3 rings (SSSR count). The first-order valence-electron chi connectivity index (χ1n) is 6.96. The van der Waals surface area contributed by atoms with E-state index in [0.717, 1.165) is 12.4 Å². The number of carboxylic acids is 1. The van der Waals surface area contributed by atoms with E-state index in [1.54, 1.807) is 0 Å². The molecule has 0 fully saturated rings. The number of carbonyl (C=O) groups is 2. The molecule has 8 nitrogen and oxygen atoms in total. The van der Waals surface area contributed by atoms with Crippen molar-refractivity contribution < 1.29 is 28.3 Å². The van der Waals surface area contributed by atoms with Crippen LogP contribution in [-0.4, -0.2) is 32.5 Å². The number of hydrogen-bond acceptors (Lipinski definition) is 7. The zero-order chi connectivity index (χ0) is 17.8. The third-order valence-electron chi connectivity index (χ3n) is 3.24. The lowest BCUT2D eigenvalue weighted by Crippen LogP contribution is -2.02. The van der Waals surface area contributed by atoms with Crippen LogP contribution in [0.15, 0.2) is 41.2 Å². The fourth-order valence-corrected chi connectivity index (χ4v) is 2.01. The molecule has 126 valence electrons. The first-order chi connectivity index (χ1) is 12.1. The molecule has 3 aromatic rings. The SMILES string of the molecule is O=Cc1onc(-c2ccc(F)cn2)c1COc1ccc(C(=O)O)cn1. The highest BCUT2D eigenvalue weighted by molar-refractivity contribution is 5.87. The third kappa shape index (κ3) is 3.50. The van der Waals surface area contributed by atoms with Gasteiger partial charge in [-0.3, -0.25) is 9.78 Å². The van der Waals surface area contributed by atoms with Crippen molar-refractivity contribution in [3.8, 4) is 17.3 Å². The van der Waals surface area contributed by atoms with E-state index < -0.39 is 11.8 Å². The Hall–Kier alpha value is -3.62. The Kier molecular flexibility index (Phi) is 4.46. The van der Waals surface area contributed by atoms with Crippen molar-refractivity contribution in [2.75, 3.05) is 0 Å². The van der Waals surface area contributed by atoms with Gasteiger partial charge in [-0.15, -0.1) is 0 Å². The summed E-state index contributed by atoms with van der Waals surface area (Å²) in [4.78, 5) is 29.7. The van der Waals surface area contributed by atoms with Crippen LogP contribution in [-0.2, 0) is 6.61 Å². The molecular weight excluding hydrogens is 333 g/mol. The lowest BCUT2D eigenvalue weighted by molar-refractivity contribution is 0.0696. The highest BCUT2D eigenvalue weighted by atomic mass is 19.1. The molecule has 0 spiro atoms. The second-order valence-electron chi connectivity index (χ2n) is 4.83. The summed E-state index contributed by atoms with van der Waals surface area (Å²) in [6.07, 6.45) is 2.63. The summed E-state index contributed by atoms with van der Waals surface area (Å²) in [5.41, 5.74) is 0.885. The van der Waals surface area contributed by atoms with Crippen LogP contribution in [0, 0.1) is 5.82 Å². The van der Waals surface area contributed by atoms with E-state index in [4.69, 9.17) is 14.4 Å². The summed E-state index contributed by atoms with van der Waals surface area (Å²) in [5, 5.41) is 12.6. The van der Waals surface area contributed by atoms with Crippen molar-refractivity contribution in [1.82, 2.24) is 15.1 Å². The van der Waals surface area contributed by atoms with Crippen molar-refractivity contribution in [2.45, 2.75) is 6.61 Å². The van der Waals surface area contributed by atoms with Crippen LogP contribution >= 0.6 is 0 Å².